The average molecular weight is 317 g/mol. The molecule has 0 radical (unpaired) electrons. The molecule has 0 amide bonds. The highest BCUT2D eigenvalue weighted by atomic mass is 16.5. The second kappa shape index (κ2) is 7.42. The minimum absolute atomic E-state index is 0.561. The fraction of sp³-hybridized carbons (Fsp3) is 0.100. The van der Waals surface area contributed by atoms with Gasteiger partial charge in [-0.05, 0) is 48.9 Å². The summed E-state index contributed by atoms with van der Waals surface area (Å²) in [7, 11) is 1.65. The molecular weight excluding hydrogens is 298 g/mol. The minimum Gasteiger partial charge on any atom is -0.497 e. The van der Waals surface area contributed by atoms with Crippen LogP contribution in [0.1, 0.15) is 16.8 Å². The van der Waals surface area contributed by atoms with E-state index >= 15 is 0 Å². The second-order valence-electron chi connectivity index (χ2n) is 5.40. The number of methoxy groups -OCH3 is 1. The number of hydrogen-bond acceptors (Lipinski definition) is 4. The highest BCUT2D eigenvalue weighted by molar-refractivity contribution is 5.68. The Morgan fingerprint density at radius 1 is 0.917 bits per heavy atom. The number of rotatable bonds is 5. The van der Waals surface area contributed by atoms with E-state index in [1.807, 2.05) is 42.5 Å². The Kier molecular flexibility index (Phi) is 4.87. The van der Waals surface area contributed by atoms with Gasteiger partial charge in [0.05, 0.1) is 12.8 Å². The van der Waals surface area contributed by atoms with Crippen LogP contribution in [0.2, 0.25) is 0 Å². The first-order valence-electron chi connectivity index (χ1n) is 7.72. The van der Waals surface area contributed by atoms with Crippen molar-refractivity contribution in [1.29, 1.82) is 0 Å². The zero-order valence-corrected chi connectivity index (χ0v) is 13.7. The maximum Gasteiger partial charge on any atom is 0.227 e. The number of aryl methyl sites for hydroxylation is 1. The number of nitrogens with one attached hydrogen (secondary N) is 1. The van der Waals surface area contributed by atoms with Gasteiger partial charge in [-0.1, -0.05) is 35.9 Å². The summed E-state index contributed by atoms with van der Waals surface area (Å²) >= 11 is 0. The molecule has 0 saturated carbocycles. The standard InChI is InChI=1S/C20H19N3O/c1-15-3-5-16(6-4-15)7-8-18-13-14-21-20(23-18)22-17-9-11-19(24-2)12-10-17/h3-14H,1-2H3,(H,21,22,23)/b8-7+. The van der Waals surface area contributed by atoms with Crippen molar-refractivity contribution in [3.05, 3.63) is 77.6 Å². The molecule has 0 saturated heterocycles. The van der Waals surface area contributed by atoms with E-state index in [2.05, 4.69) is 46.5 Å². The molecule has 0 unspecified atom stereocenters. The molecule has 1 N–H and O–H groups in total. The number of benzene rings is 2. The van der Waals surface area contributed by atoms with E-state index in [9.17, 15) is 0 Å². The van der Waals surface area contributed by atoms with Gasteiger partial charge < -0.3 is 10.1 Å². The van der Waals surface area contributed by atoms with Gasteiger partial charge in [-0.3, -0.25) is 0 Å². The Balaban J connectivity index is 1.72. The summed E-state index contributed by atoms with van der Waals surface area (Å²) in [6, 6.07) is 17.9. The number of ether oxygens (including phenoxy) is 1. The molecule has 1 aromatic heterocycles. The molecule has 3 aromatic rings. The van der Waals surface area contributed by atoms with Crippen molar-refractivity contribution < 1.29 is 4.74 Å². The Hall–Kier alpha value is -3.14. The normalized spacial score (nSPS) is 10.8. The van der Waals surface area contributed by atoms with E-state index in [0.29, 0.717) is 5.95 Å². The first kappa shape index (κ1) is 15.7. The van der Waals surface area contributed by atoms with Crippen molar-refractivity contribution in [1.82, 2.24) is 9.97 Å². The van der Waals surface area contributed by atoms with Gasteiger partial charge in [-0.2, -0.15) is 0 Å². The fourth-order valence-corrected chi connectivity index (χ4v) is 2.19. The second-order valence-corrected chi connectivity index (χ2v) is 5.40. The molecule has 0 spiro atoms. The first-order valence-corrected chi connectivity index (χ1v) is 7.72. The molecule has 0 bridgehead atoms. The van der Waals surface area contributed by atoms with Gasteiger partial charge in [0.2, 0.25) is 5.95 Å². The summed E-state index contributed by atoms with van der Waals surface area (Å²) in [6.07, 6.45) is 5.76. The van der Waals surface area contributed by atoms with Crippen LogP contribution in [0.25, 0.3) is 12.2 Å². The first-order chi connectivity index (χ1) is 11.7. The van der Waals surface area contributed by atoms with E-state index in [0.717, 1.165) is 22.7 Å². The Labute approximate surface area is 141 Å². The quantitative estimate of drug-likeness (QED) is 0.740. The van der Waals surface area contributed by atoms with Crippen LogP contribution >= 0.6 is 0 Å². The van der Waals surface area contributed by atoms with Gasteiger partial charge in [0.1, 0.15) is 5.75 Å². The van der Waals surface area contributed by atoms with Crippen LogP contribution in [0.3, 0.4) is 0 Å². The van der Waals surface area contributed by atoms with Gasteiger partial charge in [-0.25, -0.2) is 9.97 Å². The molecule has 0 fully saturated rings. The van der Waals surface area contributed by atoms with E-state index in [1.165, 1.54) is 5.56 Å². The molecule has 4 nitrogen and oxygen atoms in total. The van der Waals surface area contributed by atoms with Gasteiger partial charge in [0, 0.05) is 11.9 Å². The summed E-state index contributed by atoms with van der Waals surface area (Å²) in [5.41, 5.74) is 4.15. The van der Waals surface area contributed by atoms with E-state index in [-0.39, 0.29) is 0 Å². The van der Waals surface area contributed by atoms with Crippen LogP contribution in [-0.4, -0.2) is 17.1 Å². The summed E-state index contributed by atoms with van der Waals surface area (Å²) in [6.45, 7) is 2.08. The number of hydrogen-bond donors (Lipinski definition) is 1. The van der Waals surface area contributed by atoms with Crippen LogP contribution < -0.4 is 10.1 Å². The van der Waals surface area contributed by atoms with E-state index in [4.69, 9.17) is 4.74 Å². The van der Waals surface area contributed by atoms with Crippen LogP contribution in [-0.2, 0) is 0 Å². The van der Waals surface area contributed by atoms with Crippen LogP contribution in [0.15, 0.2) is 60.8 Å². The molecule has 0 aliphatic heterocycles. The molecule has 120 valence electrons. The SMILES string of the molecule is COc1ccc(Nc2nccc(/C=C/c3ccc(C)cc3)n2)cc1. The van der Waals surface area contributed by atoms with E-state index < -0.39 is 0 Å². The number of anilines is 2. The monoisotopic (exact) mass is 317 g/mol. The predicted octanol–water partition coefficient (Wildman–Crippen LogP) is 4.71. The van der Waals surface area contributed by atoms with Gasteiger partial charge >= 0.3 is 0 Å². The fourth-order valence-electron chi connectivity index (χ4n) is 2.19. The van der Waals surface area contributed by atoms with Gasteiger partial charge in [0.15, 0.2) is 0 Å². The number of aromatic nitrogens is 2. The summed E-state index contributed by atoms with van der Waals surface area (Å²) in [4.78, 5) is 8.76. The van der Waals surface area contributed by atoms with Crippen LogP contribution in [0, 0.1) is 6.92 Å². The Morgan fingerprint density at radius 2 is 1.67 bits per heavy atom. The van der Waals surface area contributed by atoms with Crippen molar-refractivity contribution >= 4 is 23.8 Å². The van der Waals surface area contributed by atoms with Gasteiger partial charge in [-0.15, -0.1) is 0 Å². The maximum absolute atomic E-state index is 5.15. The average Bonchev–Trinajstić information content (AvgIpc) is 2.62. The zero-order chi connectivity index (χ0) is 16.8. The van der Waals surface area contributed by atoms with E-state index in [1.54, 1.807) is 13.3 Å². The highest BCUT2D eigenvalue weighted by Gasteiger charge is 1.99. The Bertz CT molecular complexity index is 824. The lowest BCUT2D eigenvalue weighted by atomic mass is 10.1. The summed E-state index contributed by atoms with van der Waals surface area (Å²) in [5, 5.41) is 3.19. The lowest BCUT2D eigenvalue weighted by Gasteiger charge is -2.06. The molecule has 4 heteroatoms. The van der Waals surface area contributed by atoms with Crippen molar-refractivity contribution in [2.45, 2.75) is 6.92 Å². The van der Waals surface area contributed by atoms with Crippen molar-refractivity contribution in [3.63, 3.8) is 0 Å². The van der Waals surface area contributed by atoms with Crippen molar-refractivity contribution in [3.8, 4) is 5.75 Å². The third kappa shape index (κ3) is 4.20. The third-order valence-corrected chi connectivity index (χ3v) is 3.55. The lowest BCUT2D eigenvalue weighted by molar-refractivity contribution is 0.415. The minimum atomic E-state index is 0.561. The molecule has 24 heavy (non-hydrogen) atoms. The largest absolute Gasteiger partial charge is 0.497 e. The zero-order valence-electron chi connectivity index (χ0n) is 13.7. The summed E-state index contributed by atoms with van der Waals surface area (Å²) in [5.74, 6) is 1.38. The predicted molar refractivity (Wildman–Crippen MR) is 98.4 cm³/mol. The molecule has 3 rings (SSSR count). The molecule has 1 heterocycles. The molecule has 0 atom stereocenters. The topological polar surface area (TPSA) is 47.0 Å². The Morgan fingerprint density at radius 3 is 2.38 bits per heavy atom. The molecule has 2 aromatic carbocycles. The molecular formula is C20H19N3O. The third-order valence-electron chi connectivity index (χ3n) is 3.55. The maximum atomic E-state index is 5.15. The van der Waals surface area contributed by atoms with Crippen molar-refractivity contribution in [2.24, 2.45) is 0 Å². The number of nitrogens with zero attached hydrogens (tertiary/aromatic N) is 2. The van der Waals surface area contributed by atoms with Crippen LogP contribution in [0.5, 0.6) is 5.75 Å². The smallest absolute Gasteiger partial charge is 0.227 e. The van der Waals surface area contributed by atoms with Crippen molar-refractivity contribution in [2.75, 3.05) is 12.4 Å². The molecule has 0 aliphatic rings. The summed E-state index contributed by atoms with van der Waals surface area (Å²) < 4.78 is 5.15. The highest BCUT2D eigenvalue weighted by Crippen LogP contribution is 2.18. The van der Waals surface area contributed by atoms with Gasteiger partial charge in [0.25, 0.3) is 0 Å². The lowest BCUT2D eigenvalue weighted by Crippen LogP contribution is -1.97. The van der Waals surface area contributed by atoms with Crippen LogP contribution in [0.4, 0.5) is 11.6 Å². The molecule has 0 aliphatic carbocycles.